The summed E-state index contributed by atoms with van der Waals surface area (Å²) in [4.78, 5) is 18.1. The number of carbonyl (C=O) groups excluding carboxylic acids is 1. The minimum absolute atomic E-state index is 0.228. The van der Waals surface area contributed by atoms with Gasteiger partial charge in [0.05, 0.1) is 13.2 Å². The third-order valence-electron chi connectivity index (χ3n) is 6.42. The number of aliphatic hydroxyl groups is 1. The highest BCUT2D eigenvalue weighted by atomic mass is 16.7. The molecule has 2 aromatic rings. The van der Waals surface area contributed by atoms with E-state index in [1.807, 2.05) is 24.3 Å². The number of likely N-dealkylation sites (tertiary alicyclic amines) is 1. The predicted octanol–water partition coefficient (Wildman–Crippen LogP) is 2.25. The van der Waals surface area contributed by atoms with E-state index in [1.54, 1.807) is 12.3 Å². The van der Waals surface area contributed by atoms with Crippen LogP contribution in [-0.2, 0) is 11.3 Å². The number of esters is 1. The van der Waals surface area contributed by atoms with Crippen LogP contribution >= 0.6 is 0 Å². The van der Waals surface area contributed by atoms with Crippen molar-refractivity contribution < 1.29 is 28.8 Å². The summed E-state index contributed by atoms with van der Waals surface area (Å²) in [7, 11) is 1.35. The van der Waals surface area contributed by atoms with Crippen LogP contribution in [0.2, 0.25) is 0 Å². The van der Waals surface area contributed by atoms with Crippen LogP contribution in [-0.4, -0.2) is 60.2 Å². The Hall–Kier alpha value is -2.84. The fraction of sp³-hybridized carbons (Fsp3) is 0.478. The van der Waals surface area contributed by atoms with Crippen LogP contribution in [0.1, 0.15) is 28.9 Å². The monoisotopic (exact) mass is 426 g/mol. The van der Waals surface area contributed by atoms with Gasteiger partial charge in [-0.25, -0.2) is 9.78 Å². The topological polar surface area (TPSA) is 90.4 Å². The first-order valence-corrected chi connectivity index (χ1v) is 10.6. The van der Waals surface area contributed by atoms with Crippen LogP contribution in [0, 0.1) is 11.8 Å². The van der Waals surface area contributed by atoms with E-state index in [9.17, 15) is 9.90 Å². The smallest absolute Gasteiger partial charge is 0.356 e. The van der Waals surface area contributed by atoms with E-state index in [4.69, 9.17) is 18.9 Å². The highest BCUT2D eigenvalue weighted by Crippen LogP contribution is 2.40. The SMILES string of the molecule is COC(=O)c1ccc(CN2C[C@H]3C[C@@H](Oc4ccc5c(c4)OCO5)[C@H](O)C[C@H]3C2)cn1. The molecule has 5 rings (SSSR count). The Morgan fingerprint density at radius 1 is 1.16 bits per heavy atom. The van der Waals surface area contributed by atoms with Crippen molar-refractivity contribution in [3.8, 4) is 17.2 Å². The number of rotatable bonds is 5. The number of ether oxygens (including phenoxy) is 4. The predicted molar refractivity (Wildman–Crippen MR) is 110 cm³/mol. The summed E-state index contributed by atoms with van der Waals surface area (Å²) in [5, 5.41) is 10.7. The third-order valence-corrected chi connectivity index (χ3v) is 6.42. The second kappa shape index (κ2) is 8.36. The number of hydrogen-bond acceptors (Lipinski definition) is 8. The first-order chi connectivity index (χ1) is 15.1. The quantitative estimate of drug-likeness (QED) is 0.728. The van der Waals surface area contributed by atoms with Crippen molar-refractivity contribution in [1.29, 1.82) is 0 Å². The Balaban J connectivity index is 1.19. The molecule has 0 amide bonds. The molecule has 0 bridgehead atoms. The highest BCUT2D eigenvalue weighted by molar-refractivity contribution is 5.86. The van der Waals surface area contributed by atoms with Crippen LogP contribution in [0.5, 0.6) is 17.2 Å². The second-order valence-corrected chi connectivity index (χ2v) is 8.47. The van der Waals surface area contributed by atoms with Crippen LogP contribution in [0.4, 0.5) is 0 Å². The number of benzene rings is 1. The van der Waals surface area contributed by atoms with Gasteiger partial charge in [-0.2, -0.15) is 0 Å². The number of fused-ring (bicyclic) bond motifs is 2. The zero-order valence-corrected chi connectivity index (χ0v) is 17.4. The van der Waals surface area contributed by atoms with Crippen LogP contribution < -0.4 is 14.2 Å². The van der Waals surface area contributed by atoms with E-state index >= 15 is 0 Å². The molecule has 2 fully saturated rings. The standard InChI is InChI=1S/C23H26N2O6/c1-28-23(27)18-4-2-14(9-24-18)10-25-11-15-6-19(26)21(7-16(15)12-25)31-17-3-5-20-22(8-17)30-13-29-20/h2-5,8-9,15-16,19,21,26H,6-7,10-13H2,1H3/t15-,16+,19+,21+/m0/s1. The maximum Gasteiger partial charge on any atom is 0.356 e. The first kappa shape index (κ1) is 20.1. The third kappa shape index (κ3) is 4.18. The molecule has 3 heterocycles. The van der Waals surface area contributed by atoms with E-state index in [0.29, 0.717) is 29.0 Å². The summed E-state index contributed by atoms with van der Waals surface area (Å²) in [6, 6.07) is 9.14. The summed E-state index contributed by atoms with van der Waals surface area (Å²) >= 11 is 0. The Morgan fingerprint density at radius 3 is 2.74 bits per heavy atom. The summed E-state index contributed by atoms with van der Waals surface area (Å²) in [5.74, 6) is 2.59. The van der Waals surface area contributed by atoms with E-state index in [-0.39, 0.29) is 12.9 Å². The van der Waals surface area contributed by atoms with Gasteiger partial charge >= 0.3 is 5.97 Å². The Kier molecular flexibility index (Phi) is 5.41. The molecule has 164 valence electrons. The van der Waals surface area contributed by atoms with Crippen LogP contribution in [0.3, 0.4) is 0 Å². The largest absolute Gasteiger partial charge is 0.488 e. The molecule has 1 saturated heterocycles. The second-order valence-electron chi connectivity index (χ2n) is 8.47. The molecule has 0 spiro atoms. The number of aromatic nitrogens is 1. The van der Waals surface area contributed by atoms with Crippen molar-refractivity contribution in [3.05, 3.63) is 47.8 Å². The maximum atomic E-state index is 11.5. The minimum atomic E-state index is -0.493. The lowest BCUT2D eigenvalue weighted by atomic mass is 9.78. The molecule has 2 aliphatic heterocycles. The van der Waals surface area contributed by atoms with Gasteiger partial charge in [0.1, 0.15) is 17.5 Å². The average molecular weight is 426 g/mol. The van der Waals surface area contributed by atoms with Gasteiger partial charge in [0.15, 0.2) is 11.5 Å². The fourth-order valence-corrected chi connectivity index (χ4v) is 4.87. The lowest BCUT2D eigenvalue weighted by molar-refractivity contribution is -0.0232. The molecule has 1 aromatic heterocycles. The van der Waals surface area contributed by atoms with Crippen molar-refractivity contribution in [2.75, 3.05) is 27.0 Å². The molecule has 0 radical (unpaired) electrons. The highest BCUT2D eigenvalue weighted by Gasteiger charge is 2.42. The molecule has 1 aromatic carbocycles. The summed E-state index contributed by atoms with van der Waals surface area (Å²) in [5.41, 5.74) is 1.37. The van der Waals surface area contributed by atoms with Crippen LogP contribution in [0.25, 0.3) is 0 Å². The molecule has 8 heteroatoms. The summed E-state index contributed by atoms with van der Waals surface area (Å²) < 4.78 is 21.6. The molecule has 1 saturated carbocycles. The van der Waals surface area contributed by atoms with Gasteiger partial charge in [0.2, 0.25) is 6.79 Å². The molecule has 0 unspecified atom stereocenters. The molecular formula is C23H26N2O6. The van der Waals surface area contributed by atoms with Crippen molar-refractivity contribution in [2.45, 2.75) is 31.6 Å². The van der Waals surface area contributed by atoms with Gasteiger partial charge in [-0.3, -0.25) is 4.90 Å². The molecule has 1 aliphatic carbocycles. The summed E-state index contributed by atoms with van der Waals surface area (Å²) in [6.45, 7) is 2.89. The molecule has 1 N–H and O–H groups in total. The van der Waals surface area contributed by atoms with E-state index < -0.39 is 12.1 Å². The van der Waals surface area contributed by atoms with E-state index in [1.165, 1.54) is 7.11 Å². The van der Waals surface area contributed by atoms with Gasteiger partial charge in [-0.05, 0) is 48.4 Å². The molecular weight excluding hydrogens is 400 g/mol. The van der Waals surface area contributed by atoms with Gasteiger partial charge in [-0.1, -0.05) is 6.07 Å². The zero-order chi connectivity index (χ0) is 21.4. The molecule has 31 heavy (non-hydrogen) atoms. The molecule has 4 atom stereocenters. The van der Waals surface area contributed by atoms with E-state index in [2.05, 4.69) is 9.88 Å². The minimum Gasteiger partial charge on any atom is -0.488 e. The van der Waals surface area contributed by atoms with E-state index in [0.717, 1.165) is 43.8 Å². The average Bonchev–Trinajstić information content (AvgIpc) is 3.39. The van der Waals surface area contributed by atoms with Gasteiger partial charge in [0, 0.05) is 31.9 Å². The molecule has 3 aliphatic rings. The lowest BCUT2D eigenvalue weighted by Gasteiger charge is -2.35. The van der Waals surface area contributed by atoms with Crippen molar-refractivity contribution in [1.82, 2.24) is 9.88 Å². The number of carbonyl (C=O) groups is 1. The van der Waals surface area contributed by atoms with Crippen molar-refractivity contribution in [2.24, 2.45) is 11.8 Å². The van der Waals surface area contributed by atoms with Gasteiger partial charge in [-0.15, -0.1) is 0 Å². The Morgan fingerprint density at radius 2 is 1.97 bits per heavy atom. The van der Waals surface area contributed by atoms with Crippen LogP contribution in [0.15, 0.2) is 36.5 Å². The summed E-state index contributed by atoms with van der Waals surface area (Å²) in [6.07, 6.45) is 2.55. The normalized spacial score (nSPS) is 27.0. The maximum absolute atomic E-state index is 11.5. The van der Waals surface area contributed by atoms with Gasteiger partial charge < -0.3 is 24.1 Å². The number of methoxy groups -OCH3 is 1. The number of pyridine rings is 1. The number of hydrogen-bond donors (Lipinski definition) is 1. The van der Waals surface area contributed by atoms with Crippen molar-refractivity contribution >= 4 is 5.97 Å². The molecule has 8 nitrogen and oxygen atoms in total. The van der Waals surface area contributed by atoms with Gasteiger partial charge in [0.25, 0.3) is 0 Å². The van der Waals surface area contributed by atoms with Crippen molar-refractivity contribution in [3.63, 3.8) is 0 Å². The first-order valence-electron chi connectivity index (χ1n) is 10.6. The Bertz CT molecular complexity index is 950. The lowest BCUT2D eigenvalue weighted by Crippen LogP contribution is -2.42. The fourth-order valence-electron chi connectivity index (χ4n) is 4.87. The zero-order valence-electron chi connectivity index (χ0n) is 17.4. The Labute approximate surface area is 180 Å². The number of aliphatic hydroxyl groups excluding tert-OH is 1. The number of nitrogens with zero attached hydrogens (tertiary/aromatic N) is 2.